The van der Waals surface area contributed by atoms with E-state index in [0.717, 1.165) is 12.1 Å². The van der Waals surface area contributed by atoms with E-state index in [9.17, 15) is 12.8 Å². The fourth-order valence-electron chi connectivity index (χ4n) is 1.33. The summed E-state index contributed by atoms with van der Waals surface area (Å²) in [6, 6.07) is 2.45. The highest BCUT2D eigenvalue weighted by Crippen LogP contribution is 2.22. The Hall–Kier alpha value is -0.690. The van der Waals surface area contributed by atoms with Crippen LogP contribution >= 0.6 is 11.6 Å². The molecule has 0 spiro atoms. The molecule has 0 fully saturated rings. The van der Waals surface area contributed by atoms with Crippen molar-refractivity contribution < 1.29 is 17.9 Å². The van der Waals surface area contributed by atoms with Gasteiger partial charge in [0.25, 0.3) is 0 Å². The molecule has 2 N–H and O–H groups in total. The van der Waals surface area contributed by atoms with E-state index in [1.165, 1.54) is 6.07 Å². The van der Waals surface area contributed by atoms with Gasteiger partial charge in [0.1, 0.15) is 10.7 Å². The largest absolute Gasteiger partial charge is 0.395 e. The lowest BCUT2D eigenvalue weighted by molar-refractivity contribution is 0.227. The third kappa shape index (κ3) is 3.65. The Kier molecular flexibility index (Phi) is 5.10. The number of aliphatic hydroxyl groups excluding tert-OH is 1. The van der Waals surface area contributed by atoms with E-state index in [0.29, 0.717) is 0 Å². The SMILES string of the molecule is CC(C)C(CO)NS(=O)(=O)c1cc(F)ccc1Cl. The van der Waals surface area contributed by atoms with Crippen LogP contribution in [0.4, 0.5) is 4.39 Å². The molecule has 102 valence electrons. The lowest BCUT2D eigenvalue weighted by Gasteiger charge is -2.20. The predicted molar refractivity (Wildman–Crippen MR) is 67.4 cm³/mol. The van der Waals surface area contributed by atoms with E-state index in [4.69, 9.17) is 16.7 Å². The average Bonchev–Trinajstić information content (AvgIpc) is 2.28. The van der Waals surface area contributed by atoms with Crippen LogP contribution in [0.5, 0.6) is 0 Å². The van der Waals surface area contributed by atoms with Crippen LogP contribution in [-0.2, 0) is 10.0 Å². The molecule has 1 aromatic carbocycles. The monoisotopic (exact) mass is 295 g/mol. The number of nitrogens with one attached hydrogen (secondary N) is 1. The highest BCUT2D eigenvalue weighted by molar-refractivity contribution is 7.89. The van der Waals surface area contributed by atoms with Crippen LogP contribution < -0.4 is 4.72 Å². The molecule has 1 aromatic rings. The van der Waals surface area contributed by atoms with Crippen LogP contribution in [0.2, 0.25) is 5.02 Å². The molecule has 0 radical (unpaired) electrons. The molecule has 0 aliphatic heterocycles. The van der Waals surface area contributed by atoms with Crippen molar-refractivity contribution in [3.05, 3.63) is 29.0 Å². The Bertz CT molecular complexity index is 519. The van der Waals surface area contributed by atoms with Gasteiger partial charge in [-0.05, 0) is 24.1 Å². The van der Waals surface area contributed by atoms with Gasteiger partial charge in [-0.2, -0.15) is 0 Å². The molecule has 1 rings (SSSR count). The van der Waals surface area contributed by atoms with Crippen molar-refractivity contribution in [2.75, 3.05) is 6.61 Å². The zero-order chi connectivity index (χ0) is 13.9. The first-order chi connectivity index (χ1) is 8.27. The number of aliphatic hydroxyl groups is 1. The lowest BCUT2D eigenvalue weighted by Crippen LogP contribution is -2.41. The minimum absolute atomic E-state index is 0.0654. The quantitative estimate of drug-likeness (QED) is 0.870. The third-order valence-electron chi connectivity index (χ3n) is 2.49. The molecule has 0 amide bonds. The highest BCUT2D eigenvalue weighted by Gasteiger charge is 2.24. The van der Waals surface area contributed by atoms with Gasteiger partial charge in [-0.1, -0.05) is 25.4 Å². The first-order valence-corrected chi connectivity index (χ1v) is 7.22. The van der Waals surface area contributed by atoms with Gasteiger partial charge in [-0.3, -0.25) is 0 Å². The molecule has 4 nitrogen and oxygen atoms in total. The molecule has 1 atom stereocenters. The summed E-state index contributed by atoms with van der Waals surface area (Å²) in [4.78, 5) is -0.330. The van der Waals surface area contributed by atoms with Crippen molar-refractivity contribution >= 4 is 21.6 Å². The Morgan fingerprint density at radius 1 is 1.44 bits per heavy atom. The summed E-state index contributed by atoms with van der Waals surface area (Å²) in [5.74, 6) is -0.790. The summed E-state index contributed by atoms with van der Waals surface area (Å²) < 4.78 is 39.4. The van der Waals surface area contributed by atoms with Gasteiger partial charge in [0.2, 0.25) is 10.0 Å². The molecule has 0 saturated heterocycles. The smallest absolute Gasteiger partial charge is 0.242 e. The molecule has 7 heteroatoms. The van der Waals surface area contributed by atoms with Crippen molar-refractivity contribution in [1.29, 1.82) is 0 Å². The first-order valence-electron chi connectivity index (χ1n) is 5.36. The molecule has 0 aromatic heterocycles. The number of hydrogen-bond acceptors (Lipinski definition) is 3. The molecule has 0 saturated carbocycles. The van der Waals surface area contributed by atoms with Crippen molar-refractivity contribution in [3.8, 4) is 0 Å². The van der Waals surface area contributed by atoms with Gasteiger partial charge >= 0.3 is 0 Å². The second kappa shape index (κ2) is 5.97. The summed E-state index contributed by atoms with van der Waals surface area (Å²) in [5.41, 5.74) is 0. The normalized spacial score (nSPS) is 13.9. The maximum atomic E-state index is 13.1. The van der Waals surface area contributed by atoms with Crippen molar-refractivity contribution in [2.24, 2.45) is 5.92 Å². The highest BCUT2D eigenvalue weighted by atomic mass is 35.5. The standard InChI is InChI=1S/C11H15ClFNO3S/c1-7(2)10(6-15)14-18(16,17)11-5-8(13)3-4-9(11)12/h3-5,7,10,14-15H,6H2,1-2H3. The average molecular weight is 296 g/mol. The van der Waals surface area contributed by atoms with E-state index in [1.54, 1.807) is 13.8 Å². The second-order valence-corrected chi connectivity index (χ2v) is 6.32. The molecule has 0 bridgehead atoms. The van der Waals surface area contributed by atoms with E-state index < -0.39 is 21.9 Å². The van der Waals surface area contributed by atoms with Crippen molar-refractivity contribution in [2.45, 2.75) is 24.8 Å². The van der Waals surface area contributed by atoms with Crippen LogP contribution in [0.3, 0.4) is 0 Å². The topological polar surface area (TPSA) is 66.4 Å². The van der Waals surface area contributed by atoms with Gasteiger partial charge in [0.15, 0.2) is 0 Å². The van der Waals surface area contributed by atoms with E-state index in [-0.39, 0.29) is 22.4 Å². The Morgan fingerprint density at radius 2 is 2.06 bits per heavy atom. The summed E-state index contributed by atoms with van der Waals surface area (Å²) in [7, 11) is -3.95. The van der Waals surface area contributed by atoms with Crippen LogP contribution in [0.1, 0.15) is 13.8 Å². The number of halogens is 2. The molecular formula is C11H15ClFNO3S. The number of rotatable bonds is 5. The first kappa shape index (κ1) is 15.4. The molecule has 18 heavy (non-hydrogen) atoms. The van der Waals surface area contributed by atoms with Crippen molar-refractivity contribution in [1.82, 2.24) is 4.72 Å². The van der Waals surface area contributed by atoms with Crippen LogP contribution in [-0.4, -0.2) is 26.2 Å². The van der Waals surface area contributed by atoms with Gasteiger partial charge in [-0.15, -0.1) is 0 Å². The zero-order valence-corrected chi connectivity index (χ0v) is 11.6. The summed E-state index contributed by atoms with van der Waals surface area (Å²) in [6.45, 7) is 3.18. The maximum absolute atomic E-state index is 13.1. The van der Waals surface area contributed by atoms with Crippen LogP contribution in [0.25, 0.3) is 0 Å². The van der Waals surface area contributed by atoms with Crippen LogP contribution in [0.15, 0.2) is 23.1 Å². The van der Waals surface area contributed by atoms with E-state index in [1.807, 2.05) is 0 Å². The molecular weight excluding hydrogens is 281 g/mol. The second-order valence-electron chi connectivity index (χ2n) is 4.23. The third-order valence-corrected chi connectivity index (χ3v) is 4.46. The zero-order valence-electron chi connectivity index (χ0n) is 10.0. The van der Waals surface area contributed by atoms with Crippen molar-refractivity contribution in [3.63, 3.8) is 0 Å². The fraction of sp³-hybridized carbons (Fsp3) is 0.455. The fourth-order valence-corrected chi connectivity index (χ4v) is 3.22. The molecule has 0 aliphatic carbocycles. The maximum Gasteiger partial charge on any atom is 0.242 e. The molecule has 1 unspecified atom stereocenters. The van der Waals surface area contributed by atoms with Gasteiger partial charge in [-0.25, -0.2) is 17.5 Å². The number of hydrogen-bond donors (Lipinski definition) is 2. The minimum Gasteiger partial charge on any atom is -0.395 e. The Balaban J connectivity index is 3.10. The lowest BCUT2D eigenvalue weighted by atomic mass is 10.1. The summed E-state index contributed by atoms with van der Waals surface area (Å²) in [5, 5.41) is 9.03. The number of sulfonamides is 1. The van der Waals surface area contributed by atoms with Gasteiger partial charge in [0, 0.05) is 6.04 Å². The van der Waals surface area contributed by atoms with Gasteiger partial charge < -0.3 is 5.11 Å². The number of benzene rings is 1. The van der Waals surface area contributed by atoms with Crippen LogP contribution in [0, 0.1) is 11.7 Å². The summed E-state index contributed by atoms with van der Waals surface area (Å²) in [6.07, 6.45) is 0. The van der Waals surface area contributed by atoms with E-state index >= 15 is 0 Å². The Labute approximate surface area is 111 Å². The van der Waals surface area contributed by atoms with E-state index in [2.05, 4.69) is 4.72 Å². The van der Waals surface area contributed by atoms with Gasteiger partial charge in [0.05, 0.1) is 11.6 Å². The predicted octanol–water partition coefficient (Wildman–Crippen LogP) is 1.77. The summed E-state index contributed by atoms with van der Waals surface area (Å²) >= 11 is 5.74. The Morgan fingerprint density at radius 3 is 2.56 bits per heavy atom. The minimum atomic E-state index is -3.95. The molecule has 0 heterocycles. The molecule has 0 aliphatic rings.